The van der Waals surface area contributed by atoms with E-state index in [2.05, 4.69) is 10.3 Å². The summed E-state index contributed by atoms with van der Waals surface area (Å²) in [6.45, 7) is 1.09. The molecule has 1 aliphatic rings. The quantitative estimate of drug-likeness (QED) is 0.784. The minimum atomic E-state index is -0.327. The number of thiazole rings is 1. The number of para-hydroxylation sites is 1. The fourth-order valence-electron chi connectivity index (χ4n) is 2.75. The van der Waals surface area contributed by atoms with Crippen molar-refractivity contribution in [1.29, 1.82) is 5.26 Å². The Morgan fingerprint density at radius 3 is 2.88 bits per heavy atom. The number of nitrogens with zero attached hydrogens (tertiary/aromatic N) is 3. The molecule has 124 valence electrons. The molecule has 0 atom stereocenters. The summed E-state index contributed by atoms with van der Waals surface area (Å²) in [6.07, 6.45) is 0. The number of carbonyl (C=O) groups excluding carboxylic acids is 1. The minimum absolute atomic E-state index is 0.0846. The molecule has 2 aromatic carbocycles. The highest BCUT2D eigenvalue weighted by atomic mass is 32.1. The lowest BCUT2D eigenvalue weighted by Gasteiger charge is -2.37. The maximum atomic E-state index is 13.7. The molecule has 1 fully saturated rings. The Labute approximate surface area is 147 Å². The average molecular weight is 352 g/mol. The fraction of sp³-hybridized carbons (Fsp3) is 0.167. The molecule has 4 rings (SSSR count). The van der Waals surface area contributed by atoms with Gasteiger partial charge in [-0.25, -0.2) is 9.37 Å². The molecule has 1 aromatic heterocycles. The second-order valence-corrected chi connectivity index (χ2v) is 6.88. The van der Waals surface area contributed by atoms with Crippen molar-refractivity contribution in [2.24, 2.45) is 5.92 Å². The number of benzene rings is 2. The number of rotatable bonds is 3. The van der Waals surface area contributed by atoms with Gasteiger partial charge in [0.1, 0.15) is 11.3 Å². The van der Waals surface area contributed by atoms with Crippen LogP contribution in [0.5, 0.6) is 0 Å². The lowest BCUT2D eigenvalue weighted by molar-refractivity contribution is -0.120. The number of aromatic nitrogens is 1. The molecule has 1 aliphatic heterocycles. The molecule has 3 aromatic rings. The van der Waals surface area contributed by atoms with E-state index >= 15 is 0 Å². The molecule has 0 aliphatic carbocycles. The Morgan fingerprint density at radius 1 is 1.32 bits per heavy atom. The summed E-state index contributed by atoms with van der Waals surface area (Å²) >= 11 is 1.43. The Morgan fingerprint density at radius 2 is 2.12 bits per heavy atom. The number of nitriles is 1. The first-order valence-corrected chi connectivity index (χ1v) is 8.57. The first-order valence-electron chi connectivity index (χ1n) is 7.75. The Kier molecular flexibility index (Phi) is 3.82. The van der Waals surface area contributed by atoms with E-state index in [1.54, 1.807) is 30.3 Å². The zero-order valence-corrected chi connectivity index (χ0v) is 13.9. The number of hydrogen-bond acceptors (Lipinski definition) is 5. The first-order chi connectivity index (χ1) is 12.1. The largest absolute Gasteiger partial charge is 0.346 e. The van der Waals surface area contributed by atoms with E-state index in [9.17, 15) is 9.18 Å². The van der Waals surface area contributed by atoms with Gasteiger partial charge in [-0.3, -0.25) is 4.79 Å². The van der Waals surface area contributed by atoms with Crippen LogP contribution < -0.4 is 10.2 Å². The SMILES string of the molecule is N#Cc1cccc(NC(=O)C2CN(c3nc4c(F)cccc4s3)C2)c1. The van der Waals surface area contributed by atoms with Gasteiger partial charge >= 0.3 is 0 Å². The van der Waals surface area contributed by atoms with Gasteiger partial charge in [-0.1, -0.05) is 23.5 Å². The van der Waals surface area contributed by atoms with Gasteiger partial charge < -0.3 is 10.2 Å². The third-order valence-electron chi connectivity index (χ3n) is 4.14. The van der Waals surface area contributed by atoms with Gasteiger partial charge in [-0.05, 0) is 30.3 Å². The van der Waals surface area contributed by atoms with E-state index in [1.807, 2.05) is 17.0 Å². The van der Waals surface area contributed by atoms with Crippen LogP contribution in [-0.4, -0.2) is 24.0 Å². The molecule has 1 saturated heterocycles. The van der Waals surface area contributed by atoms with Crippen molar-refractivity contribution in [1.82, 2.24) is 4.98 Å². The smallest absolute Gasteiger partial charge is 0.231 e. The summed E-state index contributed by atoms with van der Waals surface area (Å²) in [5.41, 5.74) is 1.50. The van der Waals surface area contributed by atoms with E-state index in [0.29, 0.717) is 29.9 Å². The summed E-state index contributed by atoms with van der Waals surface area (Å²) < 4.78 is 14.5. The summed E-state index contributed by atoms with van der Waals surface area (Å²) in [4.78, 5) is 18.6. The molecular formula is C18H13FN4OS. The fourth-order valence-corrected chi connectivity index (χ4v) is 3.75. The van der Waals surface area contributed by atoms with Crippen molar-refractivity contribution >= 4 is 38.3 Å². The lowest BCUT2D eigenvalue weighted by atomic mass is 10.00. The molecule has 1 N–H and O–H groups in total. The summed E-state index contributed by atoms with van der Waals surface area (Å²) in [6, 6.07) is 13.8. The molecule has 5 nitrogen and oxygen atoms in total. The third kappa shape index (κ3) is 2.92. The van der Waals surface area contributed by atoms with Crippen LogP contribution in [0.4, 0.5) is 15.2 Å². The predicted molar refractivity (Wildman–Crippen MR) is 95.1 cm³/mol. The molecule has 1 amide bonds. The molecule has 0 radical (unpaired) electrons. The molecular weight excluding hydrogens is 339 g/mol. The van der Waals surface area contributed by atoms with E-state index in [1.165, 1.54) is 17.4 Å². The normalized spacial score (nSPS) is 14.2. The Bertz CT molecular complexity index is 1000. The van der Waals surface area contributed by atoms with Crippen molar-refractivity contribution in [2.75, 3.05) is 23.3 Å². The van der Waals surface area contributed by atoms with E-state index in [4.69, 9.17) is 5.26 Å². The zero-order chi connectivity index (χ0) is 17.4. The highest BCUT2D eigenvalue weighted by Crippen LogP contribution is 2.34. The molecule has 2 heterocycles. The van der Waals surface area contributed by atoms with Crippen molar-refractivity contribution in [3.05, 3.63) is 53.8 Å². The van der Waals surface area contributed by atoms with Crippen LogP contribution in [0.25, 0.3) is 10.2 Å². The van der Waals surface area contributed by atoms with Crippen LogP contribution in [0.2, 0.25) is 0 Å². The van der Waals surface area contributed by atoms with Crippen LogP contribution in [0.15, 0.2) is 42.5 Å². The van der Waals surface area contributed by atoms with E-state index in [0.717, 1.165) is 9.83 Å². The zero-order valence-electron chi connectivity index (χ0n) is 13.1. The number of carbonyl (C=O) groups is 1. The van der Waals surface area contributed by atoms with Crippen LogP contribution in [0.3, 0.4) is 0 Å². The molecule has 0 unspecified atom stereocenters. The average Bonchev–Trinajstić information content (AvgIpc) is 2.98. The third-order valence-corrected chi connectivity index (χ3v) is 5.22. The van der Waals surface area contributed by atoms with Crippen molar-refractivity contribution < 1.29 is 9.18 Å². The molecule has 0 spiro atoms. The van der Waals surface area contributed by atoms with Crippen molar-refractivity contribution in [3.63, 3.8) is 0 Å². The van der Waals surface area contributed by atoms with Gasteiger partial charge in [0, 0.05) is 18.8 Å². The van der Waals surface area contributed by atoms with Crippen molar-refractivity contribution in [2.45, 2.75) is 0 Å². The number of anilines is 2. The predicted octanol–water partition coefficient (Wildman–Crippen LogP) is 3.38. The second kappa shape index (κ2) is 6.15. The van der Waals surface area contributed by atoms with Crippen molar-refractivity contribution in [3.8, 4) is 6.07 Å². The number of amides is 1. The van der Waals surface area contributed by atoms with Gasteiger partial charge in [0.05, 0.1) is 22.3 Å². The number of nitrogens with one attached hydrogen (secondary N) is 1. The highest BCUT2D eigenvalue weighted by molar-refractivity contribution is 7.22. The van der Waals surface area contributed by atoms with Gasteiger partial charge in [0.15, 0.2) is 5.13 Å². The minimum Gasteiger partial charge on any atom is -0.346 e. The van der Waals surface area contributed by atoms with Crippen LogP contribution in [0.1, 0.15) is 5.56 Å². The Hall–Kier alpha value is -2.98. The van der Waals surface area contributed by atoms with E-state index < -0.39 is 0 Å². The van der Waals surface area contributed by atoms with Crippen LogP contribution in [0, 0.1) is 23.1 Å². The summed E-state index contributed by atoms with van der Waals surface area (Å²) in [5.74, 6) is -0.562. The van der Waals surface area contributed by atoms with Crippen LogP contribution >= 0.6 is 11.3 Å². The summed E-state index contributed by atoms with van der Waals surface area (Å²) in [5, 5.41) is 12.5. The number of halogens is 1. The van der Waals surface area contributed by atoms with Gasteiger partial charge in [-0.2, -0.15) is 5.26 Å². The molecule has 25 heavy (non-hydrogen) atoms. The second-order valence-electron chi connectivity index (χ2n) is 5.87. The molecule has 0 bridgehead atoms. The standard InChI is InChI=1S/C18H13FN4OS/c19-14-5-2-6-15-16(14)22-18(25-15)23-9-12(10-23)17(24)21-13-4-1-3-11(7-13)8-20/h1-7,12H,9-10H2,(H,21,24). The van der Waals surface area contributed by atoms with Gasteiger partial charge in [-0.15, -0.1) is 0 Å². The monoisotopic (exact) mass is 352 g/mol. The molecule has 0 saturated carbocycles. The topological polar surface area (TPSA) is 69.0 Å². The lowest BCUT2D eigenvalue weighted by Crippen LogP contribution is -2.52. The number of hydrogen-bond donors (Lipinski definition) is 1. The maximum Gasteiger partial charge on any atom is 0.231 e. The van der Waals surface area contributed by atoms with Crippen LogP contribution in [-0.2, 0) is 4.79 Å². The molecule has 7 heteroatoms. The number of fused-ring (bicyclic) bond motifs is 1. The van der Waals surface area contributed by atoms with Gasteiger partial charge in [0.2, 0.25) is 5.91 Å². The summed E-state index contributed by atoms with van der Waals surface area (Å²) in [7, 11) is 0. The highest BCUT2D eigenvalue weighted by Gasteiger charge is 2.34. The Balaban J connectivity index is 1.41. The maximum absolute atomic E-state index is 13.7. The first kappa shape index (κ1) is 15.5. The van der Waals surface area contributed by atoms with Gasteiger partial charge in [0.25, 0.3) is 0 Å². The van der Waals surface area contributed by atoms with E-state index in [-0.39, 0.29) is 17.6 Å².